The summed E-state index contributed by atoms with van der Waals surface area (Å²) in [5.74, 6) is -0.824. The van der Waals surface area contributed by atoms with Crippen molar-refractivity contribution in [2.45, 2.75) is 0 Å². The molecule has 0 atom stereocenters. The number of anilines is 1. The van der Waals surface area contributed by atoms with Gasteiger partial charge in [-0.25, -0.2) is 4.79 Å². The minimum absolute atomic E-state index is 0.0544. The molecule has 0 radical (unpaired) electrons. The van der Waals surface area contributed by atoms with Crippen LogP contribution in [0.5, 0.6) is 0 Å². The summed E-state index contributed by atoms with van der Waals surface area (Å²) in [4.78, 5) is 35.1. The Morgan fingerprint density at radius 2 is 2.11 bits per heavy atom. The van der Waals surface area contributed by atoms with Crippen molar-refractivity contribution in [1.29, 1.82) is 0 Å². The number of rotatable bonds is 3. The molecule has 1 aromatic carbocycles. The summed E-state index contributed by atoms with van der Waals surface area (Å²) in [6.45, 7) is -0.340. The molecule has 4 amide bonds. The maximum absolute atomic E-state index is 11.7. The third-order valence-corrected chi connectivity index (χ3v) is 3.08. The number of carbonyl (C=O) groups is 3. The van der Waals surface area contributed by atoms with Gasteiger partial charge < -0.3 is 10.6 Å². The third kappa shape index (κ3) is 2.67. The maximum Gasteiger partial charge on any atom is 0.325 e. The Hall–Kier alpha value is -1.89. The standard InChI is InChI=1S/C11H10BrN3O3/c12-7-3-1-2-4-8(7)14-9(16)6-15-10(17)5-13-11(15)18/h1-4H,5-6H2,(H,13,18)(H,14,16). The van der Waals surface area contributed by atoms with E-state index in [9.17, 15) is 14.4 Å². The van der Waals surface area contributed by atoms with Gasteiger partial charge in [-0.3, -0.25) is 14.5 Å². The highest BCUT2D eigenvalue weighted by molar-refractivity contribution is 9.10. The number of para-hydroxylation sites is 1. The fourth-order valence-electron chi connectivity index (χ4n) is 1.51. The van der Waals surface area contributed by atoms with E-state index in [1.54, 1.807) is 18.2 Å². The molecule has 0 spiro atoms. The van der Waals surface area contributed by atoms with Crippen molar-refractivity contribution in [2.75, 3.05) is 18.4 Å². The number of nitrogens with zero attached hydrogens (tertiary/aromatic N) is 1. The highest BCUT2D eigenvalue weighted by Gasteiger charge is 2.30. The number of hydrogen-bond donors (Lipinski definition) is 2. The molecular formula is C11H10BrN3O3. The minimum atomic E-state index is -0.540. The Morgan fingerprint density at radius 3 is 2.72 bits per heavy atom. The molecule has 1 heterocycles. The van der Waals surface area contributed by atoms with E-state index in [0.29, 0.717) is 5.69 Å². The average Bonchev–Trinajstić information content (AvgIpc) is 2.64. The molecule has 1 fully saturated rings. The van der Waals surface area contributed by atoms with Crippen LogP contribution in [0, 0.1) is 0 Å². The van der Waals surface area contributed by atoms with Gasteiger partial charge in [-0.15, -0.1) is 0 Å². The molecule has 1 aliphatic heterocycles. The molecule has 1 saturated heterocycles. The Balaban J connectivity index is 1.99. The van der Waals surface area contributed by atoms with Crippen molar-refractivity contribution in [3.63, 3.8) is 0 Å². The lowest BCUT2D eigenvalue weighted by molar-refractivity contribution is -0.128. The van der Waals surface area contributed by atoms with E-state index in [1.807, 2.05) is 6.07 Å². The fraction of sp³-hybridized carbons (Fsp3) is 0.182. The lowest BCUT2D eigenvalue weighted by Gasteiger charge is -2.12. The first-order valence-electron chi connectivity index (χ1n) is 5.20. The van der Waals surface area contributed by atoms with E-state index >= 15 is 0 Å². The van der Waals surface area contributed by atoms with Crippen LogP contribution in [0.25, 0.3) is 0 Å². The second kappa shape index (κ2) is 5.18. The van der Waals surface area contributed by atoms with Crippen molar-refractivity contribution in [2.24, 2.45) is 0 Å². The first-order valence-corrected chi connectivity index (χ1v) is 6.00. The Labute approximate surface area is 111 Å². The highest BCUT2D eigenvalue weighted by Crippen LogP contribution is 2.21. The maximum atomic E-state index is 11.7. The Bertz CT molecular complexity index is 502. The molecule has 0 aliphatic carbocycles. The summed E-state index contributed by atoms with van der Waals surface area (Å²) in [6, 6.07) is 6.55. The number of carbonyl (C=O) groups excluding carboxylic acids is 3. The van der Waals surface area contributed by atoms with E-state index < -0.39 is 17.8 Å². The van der Waals surface area contributed by atoms with E-state index in [-0.39, 0.29) is 13.1 Å². The van der Waals surface area contributed by atoms with E-state index in [1.165, 1.54) is 0 Å². The second-order valence-corrected chi connectivity index (χ2v) is 4.52. The van der Waals surface area contributed by atoms with Crippen LogP contribution in [0.4, 0.5) is 10.5 Å². The van der Waals surface area contributed by atoms with Crippen LogP contribution in [-0.2, 0) is 9.59 Å². The number of urea groups is 1. The fourth-order valence-corrected chi connectivity index (χ4v) is 1.90. The Morgan fingerprint density at radius 1 is 1.39 bits per heavy atom. The lowest BCUT2D eigenvalue weighted by atomic mass is 10.3. The topological polar surface area (TPSA) is 78.5 Å². The summed E-state index contributed by atoms with van der Waals surface area (Å²) in [5, 5.41) is 4.97. The smallest absolute Gasteiger partial charge is 0.325 e. The molecule has 7 heteroatoms. The van der Waals surface area contributed by atoms with E-state index in [2.05, 4.69) is 26.6 Å². The number of imide groups is 1. The number of hydrogen-bond acceptors (Lipinski definition) is 3. The average molecular weight is 312 g/mol. The molecule has 0 unspecified atom stereocenters. The van der Waals surface area contributed by atoms with Crippen LogP contribution in [0.2, 0.25) is 0 Å². The molecule has 0 aromatic heterocycles. The summed E-state index contributed by atoms with van der Waals surface area (Å²) in [5.41, 5.74) is 0.592. The van der Waals surface area contributed by atoms with Crippen molar-refractivity contribution >= 4 is 39.5 Å². The SMILES string of the molecule is O=C(CN1C(=O)CNC1=O)Nc1ccccc1Br. The van der Waals surface area contributed by atoms with Crippen molar-refractivity contribution < 1.29 is 14.4 Å². The largest absolute Gasteiger partial charge is 0.329 e. The lowest BCUT2D eigenvalue weighted by Crippen LogP contribution is -2.38. The van der Waals surface area contributed by atoms with Crippen molar-refractivity contribution in [3.8, 4) is 0 Å². The molecule has 0 bridgehead atoms. The number of benzene rings is 1. The first kappa shape index (κ1) is 12.6. The summed E-state index contributed by atoms with van der Waals surface area (Å²) < 4.78 is 0.732. The van der Waals surface area contributed by atoms with Gasteiger partial charge in [-0.1, -0.05) is 12.1 Å². The van der Waals surface area contributed by atoms with Gasteiger partial charge in [0.2, 0.25) is 5.91 Å². The zero-order valence-electron chi connectivity index (χ0n) is 9.27. The van der Waals surface area contributed by atoms with Crippen LogP contribution in [0.3, 0.4) is 0 Å². The monoisotopic (exact) mass is 311 g/mol. The van der Waals surface area contributed by atoms with E-state index in [0.717, 1.165) is 9.37 Å². The van der Waals surface area contributed by atoms with Gasteiger partial charge in [0.05, 0.1) is 12.2 Å². The zero-order chi connectivity index (χ0) is 13.1. The predicted molar refractivity (Wildman–Crippen MR) is 67.9 cm³/mol. The van der Waals surface area contributed by atoms with Crippen LogP contribution < -0.4 is 10.6 Å². The van der Waals surface area contributed by atoms with Gasteiger partial charge in [-0.2, -0.15) is 0 Å². The van der Waals surface area contributed by atoms with Gasteiger partial charge in [0.25, 0.3) is 5.91 Å². The molecule has 18 heavy (non-hydrogen) atoms. The van der Waals surface area contributed by atoms with Gasteiger partial charge in [-0.05, 0) is 28.1 Å². The first-order chi connectivity index (χ1) is 8.58. The highest BCUT2D eigenvalue weighted by atomic mass is 79.9. The van der Waals surface area contributed by atoms with E-state index in [4.69, 9.17) is 0 Å². The van der Waals surface area contributed by atoms with Gasteiger partial charge in [0, 0.05) is 4.47 Å². The van der Waals surface area contributed by atoms with Crippen LogP contribution in [0.15, 0.2) is 28.7 Å². The Kier molecular flexibility index (Phi) is 3.61. The third-order valence-electron chi connectivity index (χ3n) is 2.39. The molecule has 1 aromatic rings. The number of nitrogens with one attached hydrogen (secondary N) is 2. The second-order valence-electron chi connectivity index (χ2n) is 3.67. The van der Waals surface area contributed by atoms with Crippen LogP contribution >= 0.6 is 15.9 Å². The molecular weight excluding hydrogens is 302 g/mol. The van der Waals surface area contributed by atoms with Gasteiger partial charge in [0.15, 0.2) is 0 Å². The predicted octanol–water partition coefficient (Wildman–Crippen LogP) is 0.939. The summed E-state index contributed by atoms with van der Waals surface area (Å²) in [6.07, 6.45) is 0. The summed E-state index contributed by atoms with van der Waals surface area (Å²) in [7, 11) is 0. The quantitative estimate of drug-likeness (QED) is 0.815. The number of halogens is 1. The summed E-state index contributed by atoms with van der Waals surface area (Å²) >= 11 is 3.29. The molecule has 2 rings (SSSR count). The van der Waals surface area contributed by atoms with Crippen molar-refractivity contribution in [1.82, 2.24) is 10.2 Å². The van der Waals surface area contributed by atoms with Crippen molar-refractivity contribution in [3.05, 3.63) is 28.7 Å². The zero-order valence-corrected chi connectivity index (χ0v) is 10.9. The molecule has 0 saturated carbocycles. The number of amides is 4. The molecule has 94 valence electrons. The van der Waals surface area contributed by atoms with Gasteiger partial charge >= 0.3 is 6.03 Å². The normalized spacial score (nSPS) is 14.6. The molecule has 2 N–H and O–H groups in total. The van der Waals surface area contributed by atoms with Crippen LogP contribution in [0.1, 0.15) is 0 Å². The minimum Gasteiger partial charge on any atom is -0.329 e. The van der Waals surface area contributed by atoms with Crippen LogP contribution in [-0.4, -0.2) is 35.8 Å². The van der Waals surface area contributed by atoms with Gasteiger partial charge in [0.1, 0.15) is 6.54 Å². The molecule has 1 aliphatic rings. The molecule has 6 nitrogen and oxygen atoms in total.